The number of nitrogens with zero attached hydrogens (tertiary/aromatic N) is 4. The topological polar surface area (TPSA) is 67.7 Å². The average molecular weight is 361 g/mol. The molecule has 0 amide bonds. The number of rotatable bonds is 5. The predicted octanol–water partition coefficient (Wildman–Crippen LogP) is 3.11. The molecule has 0 fully saturated rings. The van der Waals surface area contributed by atoms with E-state index < -0.39 is 0 Å². The number of nitrogens with one attached hydrogen (secondary N) is 2. The molecule has 22 heavy (non-hydrogen) atoms. The van der Waals surface area contributed by atoms with Crippen LogP contribution in [0.2, 0.25) is 0 Å². The molecule has 7 heteroatoms. The molecular formula is C15H17BrN6. The zero-order valence-corrected chi connectivity index (χ0v) is 14.1. The lowest BCUT2D eigenvalue weighted by Gasteiger charge is -2.08. The van der Waals surface area contributed by atoms with E-state index in [0.29, 0.717) is 18.3 Å². The van der Waals surface area contributed by atoms with Crippen LogP contribution < -0.4 is 10.6 Å². The molecule has 3 aromatic rings. The summed E-state index contributed by atoms with van der Waals surface area (Å²) in [6.45, 7) is 3.48. The summed E-state index contributed by atoms with van der Waals surface area (Å²) in [4.78, 5) is 13.6. The van der Waals surface area contributed by atoms with Crippen molar-refractivity contribution >= 4 is 38.9 Å². The van der Waals surface area contributed by atoms with Gasteiger partial charge >= 0.3 is 0 Å². The highest BCUT2D eigenvalue weighted by molar-refractivity contribution is 9.10. The number of hydrogen-bond acceptors (Lipinski definition) is 5. The molecule has 0 saturated carbocycles. The summed E-state index contributed by atoms with van der Waals surface area (Å²) in [7, 11) is 1.83. The molecule has 0 aliphatic heterocycles. The first-order valence-electron chi connectivity index (χ1n) is 7.12. The fraction of sp³-hybridized carbons (Fsp3) is 0.267. The van der Waals surface area contributed by atoms with E-state index in [4.69, 9.17) is 0 Å². The molecule has 2 aromatic heterocycles. The van der Waals surface area contributed by atoms with Crippen molar-refractivity contribution in [2.45, 2.75) is 13.5 Å². The Bertz CT molecular complexity index is 784. The minimum atomic E-state index is 0.598. The van der Waals surface area contributed by atoms with Crippen LogP contribution in [0.5, 0.6) is 0 Å². The quantitative estimate of drug-likeness (QED) is 0.684. The molecule has 2 N–H and O–H groups in total. The number of benzene rings is 1. The van der Waals surface area contributed by atoms with E-state index >= 15 is 0 Å². The molecule has 0 unspecified atom stereocenters. The number of halogens is 1. The first kappa shape index (κ1) is 14.8. The van der Waals surface area contributed by atoms with Crippen molar-refractivity contribution in [1.82, 2.24) is 19.5 Å². The van der Waals surface area contributed by atoms with Crippen LogP contribution in [0.1, 0.15) is 12.5 Å². The Labute approximate surface area is 137 Å². The predicted molar refractivity (Wildman–Crippen MR) is 92.3 cm³/mol. The monoisotopic (exact) mass is 360 g/mol. The van der Waals surface area contributed by atoms with Gasteiger partial charge in [-0.3, -0.25) is 4.57 Å². The summed E-state index contributed by atoms with van der Waals surface area (Å²) in [5.41, 5.74) is 2.75. The van der Waals surface area contributed by atoms with Crippen LogP contribution in [0, 0.1) is 0 Å². The second kappa shape index (κ2) is 6.31. The van der Waals surface area contributed by atoms with Crippen molar-refractivity contribution < 1.29 is 0 Å². The molecule has 0 radical (unpaired) electrons. The highest BCUT2D eigenvalue weighted by atomic mass is 79.9. The molecule has 0 bridgehead atoms. The highest BCUT2D eigenvalue weighted by Crippen LogP contribution is 2.26. The Morgan fingerprint density at radius 3 is 2.59 bits per heavy atom. The van der Waals surface area contributed by atoms with Crippen LogP contribution >= 0.6 is 15.9 Å². The standard InChI is InChI=1S/C15H17BrN6/c1-3-18-15-20-12(17-2)11-13(21-15)22(14(16)19-11)9-10-7-5-4-6-8-10/h4-8H,3,9H2,1-2H3,(H2,17,18,20,21). The van der Waals surface area contributed by atoms with Crippen molar-refractivity contribution in [3.05, 3.63) is 40.6 Å². The summed E-state index contributed by atoms with van der Waals surface area (Å²) in [5, 5.41) is 6.24. The third-order valence-corrected chi connectivity index (χ3v) is 3.91. The first-order chi connectivity index (χ1) is 10.7. The van der Waals surface area contributed by atoms with E-state index in [1.54, 1.807) is 0 Å². The lowest BCUT2D eigenvalue weighted by atomic mass is 10.2. The molecule has 0 atom stereocenters. The fourth-order valence-electron chi connectivity index (χ4n) is 2.29. The van der Waals surface area contributed by atoms with Gasteiger partial charge in [-0.05, 0) is 28.4 Å². The van der Waals surface area contributed by atoms with Crippen LogP contribution in [-0.4, -0.2) is 33.1 Å². The van der Waals surface area contributed by atoms with E-state index in [1.165, 1.54) is 5.56 Å². The number of fused-ring (bicyclic) bond motifs is 1. The van der Waals surface area contributed by atoms with Crippen molar-refractivity contribution in [2.75, 3.05) is 24.2 Å². The summed E-state index contributed by atoms with van der Waals surface area (Å²) in [6.07, 6.45) is 0. The third-order valence-electron chi connectivity index (χ3n) is 3.30. The van der Waals surface area contributed by atoms with Gasteiger partial charge in [0.25, 0.3) is 0 Å². The lowest BCUT2D eigenvalue weighted by Crippen LogP contribution is -2.07. The molecular weight excluding hydrogens is 344 g/mol. The van der Waals surface area contributed by atoms with E-state index in [-0.39, 0.29) is 0 Å². The zero-order valence-electron chi connectivity index (χ0n) is 12.5. The number of imidazole rings is 1. The van der Waals surface area contributed by atoms with E-state index in [9.17, 15) is 0 Å². The maximum Gasteiger partial charge on any atom is 0.226 e. The van der Waals surface area contributed by atoms with Gasteiger partial charge in [-0.25, -0.2) is 4.98 Å². The summed E-state index contributed by atoms with van der Waals surface area (Å²) in [6, 6.07) is 10.2. The Morgan fingerprint density at radius 1 is 1.14 bits per heavy atom. The van der Waals surface area contributed by atoms with Crippen molar-refractivity contribution in [3.8, 4) is 0 Å². The lowest BCUT2D eigenvalue weighted by molar-refractivity contribution is 0.790. The fourth-order valence-corrected chi connectivity index (χ4v) is 2.76. The summed E-state index contributed by atoms with van der Waals surface area (Å²) in [5.74, 6) is 1.31. The van der Waals surface area contributed by atoms with Gasteiger partial charge in [0.15, 0.2) is 21.7 Å². The molecule has 1 aromatic carbocycles. The van der Waals surface area contributed by atoms with E-state index in [2.05, 4.69) is 53.6 Å². The largest absolute Gasteiger partial charge is 0.371 e. The van der Waals surface area contributed by atoms with Gasteiger partial charge in [0.2, 0.25) is 5.95 Å². The van der Waals surface area contributed by atoms with Crippen LogP contribution in [0.3, 0.4) is 0 Å². The molecule has 2 heterocycles. The molecule has 0 aliphatic rings. The first-order valence-corrected chi connectivity index (χ1v) is 7.91. The van der Waals surface area contributed by atoms with Gasteiger partial charge in [-0.15, -0.1) is 0 Å². The number of hydrogen-bond donors (Lipinski definition) is 2. The summed E-state index contributed by atoms with van der Waals surface area (Å²) < 4.78 is 2.78. The smallest absolute Gasteiger partial charge is 0.226 e. The zero-order chi connectivity index (χ0) is 15.5. The van der Waals surface area contributed by atoms with Gasteiger partial charge in [-0.2, -0.15) is 9.97 Å². The molecule has 0 saturated heterocycles. The van der Waals surface area contributed by atoms with Crippen molar-refractivity contribution in [2.24, 2.45) is 0 Å². The Balaban J connectivity index is 2.12. The van der Waals surface area contributed by atoms with Gasteiger partial charge in [0.1, 0.15) is 0 Å². The van der Waals surface area contributed by atoms with Crippen molar-refractivity contribution in [1.29, 1.82) is 0 Å². The molecule has 0 spiro atoms. The number of aromatic nitrogens is 4. The van der Waals surface area contributed by atoms with Gasteiger partial charge in [0.05, 0.1) is 6.54 Å². The van der Waals surface area contributed by atoms with Crippen LogP contribution in [-0.2, 0) is 6.54 Å². The van der Waals surface area contributed by atoms with Crippen molar-refractivity contribution in [3.63, 3.8) is 0 Å². The SMILES string of the molecule is CCNc1nc(NC)c2nc(Br)n(Cc3ccccc3)c2n1. The van der Waals surface area contributed by atoms with Crippen LogP contribution in [0.4, 0.5) is 11.8 Å². The molecule has 3 rings (SSSR count). The Hall–Kier alpha value is -2.15. The van der Waals surface area contributed by atoms with E-state index in [1.807, 2.05) is 36.7 Å². The maximum atomic E-state index is 4.60. The van der Waals surface area contributed by atoms with Crippen LogP contribution in [0.15, 0.2) is 35.1 Å². The van der Waals surface area contributed by atoms with Gasteiger partial charge in [0, 0.05) is 13.6 Å². The maximum absolute atomic E-state index is 4.60. The minimum Gasteiger partial charge on any atom is -0.371 e. The Morgan fingerprint density at radius 2 is 1.91 bits per heavy atom. The van der Waals surface area contributed by atoms with Crippen LogP contribution in [0.25, 0.3) is 11.2 Å². The van der Waals surface area contributed by atoms with E-state index in [0.717, 1.165) is 22.4 Å². The third kappa shape index (κ3) is 2.76. The average Bonchev–Trinajstić information content (AvgIpc) is 2.84. The Kier molecular flexibility index (Phi) is 4.24. The van der Waals surface area contributed by atoms with Gasteiger partial charge < -0.3 is 10.6 Å². The normalized spacial score (nSPS) is 10.9. The second-order valence-electron chi connectivity index (χ2n) is 4.80. The molecule has 114 valence electrons. The molecule has 6 nitrogen and oxygen atoms in total. The second-order valence-corrected chi connectivity index (χ2v) is 5.51. The summed E-state index contributed by atoms with van der Waals surface area (Å²) >= 11 is 3.53. The molecule has 0 aliphatic carbocycles. The van der Waals surface area contributed by atoms with Gasteiger partial charge in [-0.1, -0.05) is 30.3 Å². The number of anilines is 2. The minimum absolute atomic E-state index is 0.598. The highest BCUT2D eigenvalue weighted by Gasteiger charge is 2.16.